The fourth-order valence-electron chi connectivity index (χ4n) is 4.24. The van der Waals surface area contributed by atoms with Gasteiger partial charge in [0.2, 0.25) is 5.91 Å². The van der Waals surface area contributed by atoms with Crippen LogP contribution in [0.25, 0.3) is 5.69 Å². The average molecular weight is 616 g/mol. The van der Waals surface area contributed by atoms with Crippen LogP contribution >= 0.6 is 11.8 Å². The zero-order valence-corrected chi connectivity index (χ0v) is 26.2. The summed E-state index contributed by atoms with van der Waals surface area (Å²) in [6.07, 6.45) is 2.02. The van der Waals surface area contributed by atoms with E-state index in [0.29, 0.717) is 34.4 Å². The Morgan fingerprint density at radius 2 is 1.64 bits per heavy atom. The molecule has 10 nitrogen and oxygen atoms in total. The molecular weight excluding hydrogens is 578 g/mol. The van der Waals surface area contributed by atoms with Crippen LogP contribution in [0.2, 0.25) is 0 Å². The van der Waals surface area contributed by atoms with Gasteiger partial charge in [0.05, 0.1) is 36.8 Å². The van der Waals surface area contributed by atoms with Gasteiger partial charge in [-0.1, -0.05) is 37.2 Å². The molecule has 0 radical (unpaired) electrons. The Balaban J connectivity index is 1.45. The number of aromatic nitrogens is 3. The molecule has 0 aliphatic rings. The summed E-state index contributed by atoms with van der Waals surface area (Å²) in [6, 6.07) is 19.6. The fourth-order valence-corrected chi connectivity index (χ4v) is 5.00. The molecule has 0 saturated carbocycles. The molecule has 3 aromatic carbocycles. The van der Waals surface area contributed by atoms with E-state index in [0.717, 1.165) is 35.4 Å². The van der Waals surface area contributed by atoms with Gasteiger partial charge in [0.1, 0.15) is 5.75 Å². The number of thioether (sulfide) groups is 1. The molecule has 0 bridgehead atoms. The minimum Gasteiger partial charge on any atom is -0.494 e. The van der Waals surface area contributed by atoms with Gasteiger partial charge in [-0.3, -0.25) is 14.2 Å². The first kappa shape index (κ1) is 32.3. The van der Waals surface area contributed by atoms with E-state index in [-0.39, 0.29) is 30.7 Å². The first-order valence-corrected chi connectivity index (χ1v) is 15.5. The molecule has 44 heavy (non-hydrogen) atoms. The number of carbonyl (C=O) groups is 3. The van der Waals surface area contributed by atoms with Crippen molar-refractivity contribution in [3.05, 3.63) is 94.8 Å². The van der Waals surface area contributed by atoms with Crippen molar-refractivity contribution in [3.8, 4) is 11.4 Å². The summed E-state index contributed by atoms with van der Waals surface area (Å²) in [5.41, 5.74) is 4.39. The second kappa shape index (κ2) is 15.7. The van der Waals surface area contributed by atoms with Gasteiger partial charge in [-0.25, -0.2) is 4.79 Å². The topological polar surface area (TPSA) is 124 Å². The highest BCUT2D eigenvalue weighted by atomic mass is 32.2. The molecule has 1 heterocycles. The van der Waals surface area contributed by atoms with E-state index in [1.54, 1.807) is 55.5 Å². The number of esters is 1. The highest BCUT2D eigenvalue weighted by Crippen LogP contribution is 2.26. The van der Waals surface area contributed by atoms with Gasteiger partial charge in [-0.2, -0.15) is 0 Å². The third kappa shape index (κ3) is 8.70. The van der Waals surface area contributed by atoms with Crippen LogP contribution in [0.4, 0.5) is 5.69 Å². The monoisotopic (exact) mass is 615 g/mol. The number of nitrogens with zero attached hydrogens (tertiary/aromatic N) is 3. The van der Waals surface area contributed by atoms with Crippen molar-refractivity contribution in [2.75, 3.05) is 24.3 Å². The molecule has 0 fully saturated rings. The smallest absolute Gasteiger partial charge is 0.338 e. The van der Waals surface area contributed by atoms with Gasteiger partial charge in [0.25, 0.3) is 5.91 Å². The molecule has 11 heteroatoms. The largest absolute Gasteiger partial charge is 0.494 e. The van der Waals surface area contributed by atoms with E-state index in [2.05, 4.69) is 27.8 Å². The molecule has 0 spiro atoms. The van der Waals surface area contributed by atoms with E-state index in [4.69, 9.17) is 9.47 Å². The van der Waals surface area contributed by atoms with Crippen LogP contribution in [-0.2, 0) is 16.1 Å². The number of rotatable bonds is 14. The molecule has 0 aliphatic carbocycles. The van der Waals surface area contributed by atoms with Crippen molar-refractivity contribution in [1.29, 1.82) is 0 Å². The van der Waals surface area contributed by atoms with Gasteiger partial charge in [-0.05, 0) is 92.9 Å². The zero-order valence-electron chi connectivity index (χ0n) is 25.4. The molecule has 230 valence electrons. The number of hydrogen-bond acceptors (Lipinski definition) is 8. The van der Waals surface area contributed by atoms with E-state index in [1.807, 2.05) is 36.6 Å². The predicted octanol–water partition coefficient (Wildman–Crippen LogP) is 5.90. The number of carbonyl (C=O) groups excluding carboxylic acids is 3. The van der Waals surface area contributed by atoms with Crippen molar-refractivity contribution >= 4 is 35.2 Å². The number of ether oxygens (including phenoxy) is 2. The van der Waals surface area contributed by atoms with E-state index in [9.17, 15) is 14.4 Å². The minimum atomic E-state index is -0.413. The number of aryl methyl sites for hydroxylation is 2. The molecular formula is C33H37N5O5S. The Labute approximate surface area is 261 Å². The predicted molar refractivity (Wildman–Crippen MR) is 171 cm³/mol. The Kier molecular flexibility index (Phi) is 11.5. The number of benzene rings is 3. The molecule has 2 N–H and O–H groups in total. The Hall–Kier alpha value is -4.64. The molecule has 1 aromatic heterocycles. The van der Waals surface area contributed by atoms with Crippen LogP contribution < -0.4 is 15.4 Å². The third-order valence-corrected chi connectivity index (χ3v) is 7.54. The quantitative estimate of drug-likeness (QED) is 0.102. The second-order valence-corrected chi connectivity index (χ2v) is 11.0. The molecule has 0 saturated heterocycles. The van der Waals surface area contributed by atoms with Gasteiger partial charge >= 0.3 is 5.97 Å². The van der Waals surface area contributed by atoms with Crippen LogP contribution in [0.15, 0.2) is 71.9 Å². The Morgan fingerprint density at radius 3 is 2.34 bits per heavy atom. The lowest BCUT2D eigenvalue weighted by atomic mass is 10.1. The molecule has 0 aliphatic heterocycles. The summed E-state index contributed by atoms with van der Waals surface area (Å²) in [4.78, 5) is 37.6. The summed E-state index contributed by atoms with van der Waals surface area (Å²) >= 11 is 1.24. The number of amides is 2. The van der Waals surface area contributed by atoms with Crippen LogP contribution in [-0.4, -0.2) is 51.5 Å². The standard InChI is InChI=1S/C33H37N5O5S/c1-5-7-18-43-27-16-12-24(13-17-27)31(40)34-20-29-36-37-33(38(29)28-19-22(3)8-9-23(28)4)44-21-30(39)35-26-14-10-25(11-15-26)32(41)42-6-2/h8-17,19H,5-7,18,20-21H2,1-4H3,(H,34,40)(H,35,39). The van der Waals surface area contributed by atoms with Crippen molar-refractivity contribution in [2.24, 2.45) is 0 Å². The maximum Gasteiger partial charge on any atom is 0.338 e. The molecule has 2 amide bonds. The Bertz CT molecular complexity index is 1590. The lowest BCUT2D eigenvalue weighted by Crippen LogP contribution is -2.24. The van der Waals surface area contributed by atoms with E-state index >= 15 is 0 Å². The summed E-state index contributed by atoms with van der Waals surface area (Å²) in [6.45, 7) is 8.90. The van der Waals surface area contributed by atoms with Gasteiger partial charge in [0.15, 0.2) is 11.0 Å². The maximum atomic E-state index is 13.0. The van der Waals surface area contributed by atoms with Crippen LogP contribution in [0, 0.1) is 13.8 Å². The second-order valence-electron chi connectivity index (χ2n) is 10.1. The normalized spacial score (nSPS) is 10.7. The van der Waals surface area contributed by atoms with Crippen molar-refractivity contribution in [1.82, 2.24) is 20.1 Å². The third-order valence-electron chi connectivity index (χ3n) is 6.61. The van der Waals surface area contributed by atoms with Gasteiger partial charge in [-0.15, -0.1) is 10.2 Å². The maximum absolute atomic E-state index is 13.0. The molecule has 4 rings (SSSR count). The van der Waals surface area contributed by atoms with E-state index in [1.165, 1.54) is 11.8 Å². The number of anilines is 1. The SMILES string of the molecule is CCCCOc1ccc(C(=O)NCc2nnc(SCC(=O)Nc3ccc(C(=O)OCC)cc3)n2-c2cc(C)ccc2C)cc1. The number of hydrogen-bond donors (Lipinski definition) is 2. The number of unbranched alkanes of at least 4 members (excludes halogenated alkanes) is 1. The molecule has 4 aromatic rings. The average Bonchev–Trinajstić information content (AvgIpc) is 3.43. The lowest BCUT2D eigenvalue weighted by molar-refractivity contribution is -0.113. The number of nitrogens with one attached hydrogen (secondary N) is 2. The first-order chi connectivity index (χ1) is 21.3. The van der Waals surface area contributed by atoms with Crippen molar-refractivity contribution in [2.45, 2.75) is 52.2 Å². The van der Waals surface area contributed by atoms with Crippen LogP contribution in [0.1, 0.15) is 64.4 Å². The first-order valence-electron chi connectivity index (χ1n) is 14.5. The van der Waals surface area contributed by atoms with Gasteiger partial charge in [0, 0.05) is 11.3 Å². The Morgan fingerprint density at radius 1 is 0.909 bits per heavy atom. The summed E-state index contributed by atoms with van der Waals surface area (Å²) in [7, 11) is 0. The van der Waals surface area contributed by atoms with Crippen molar-refractivity contribution < 1.29 is 23.9 Å². The fraction of sp³-hybridized carbons (Fsp3) is 0.303. The summed E-state index contributed by atoms with van der Waals surface area (Å²) in [5.74, 6) is 0.424. The summed E-state index contributed by atoms with van der Waals surface area (Å²) in [5, 5.41) is 15.0. The highest BCUT2D eigenvalue weighted by molar-refractivity contribution is 7.99. The van der Waals surface area contributed by atoms with Crippen LogP contribution in [0.5, 0.6) is 5.75 Å². The summed E-state index contributed by atoms with van der Waals surface area (Å²) < 4.78 is 12.6. The minimum absolute atomic E-state index is 0.0711. The van der Waals surface area contributed by atoms with Crippen molar-refractivity contribution in [3.63, 3.8) is 0 Å². The zero-order chi connectivity index (χ0) is 31.5. The highest BCUT2D eigenvalue weighted by Gasteiger charge is 2.19. The van der Waals surface area contributed by atoms with E-state index < -0.39 is 5.97 Å². The molecule has 0 unspecified atom stereocenters. The van der Waals surface area contributed by atoms with Gasteiger partial charge < -0.3 is 20.1 Å². The molecule has 0 atom stereocenters. The lowest BCUT2D eigenvalue weighted by Gasteiger charge is -2.14. The van der Waals surface area contributed by atoms with Crippen LogP contribution in [0.3, 0.4) is 0 Å².